The molecule has 5 unspecified atom stereocenters. The van der Waals surface area contributed by atoms with Gasteiger partial charge in [-0.1, -0.05) is 67.5 Å². The number of hydrogen-bond donors (Lipinski definition) is 2. The molecule has 0 bridgehead atoms. The zero-order valence-electron chi connectivity index (χ0n) is 28.3. The molecule has 0 heterocycles. The SMILES string of the molecule is C=C(C)C1CC[C@]2(C(=O)O)CC[C@]3(C)C(CCC4[C@@]5(C)CC[C@@](C)(C(CC)(CC)CCO)C(C)(C)C5CC[C@]43C)C12. The molecule has 5 fully saturated rings. The van der Waals surface area contributed by atoms with E-state index in [1.807, 2.05) is 0 Å². The molecule has 10 atom stereocenters. The van der Waals surface area contributed by atoms with Crippen molar-refractivity contribution in [2.24, 2.45) is 67.5 Å². The van der Waals surface area contributed by atoms with Crippen molar-refractivity contribution in [3.63, 3.8) is 0 Å². The third kappa shape index (κ3) is 3.69. The molecular formula is C38H64O3. The molecular weight excluding hydrogens is 504 g/mol. The molecule has 0 aliphatic heterocycles. The minimum absolute atomic E-state index is 0.181. The molecule has 0 saturated heterocycles. The third-order valence-corrected chi connectivity index (χ3v) is 17.3. The molecule has 0 aromatic heterocycles. The summed E-state index contributed by atoms with van der Waals surface area (Å²) in [4.78, 5) is 13.0. The van der Waals surface area contributed by atoms with E-state index in [2.05, 4.69) is 68.9 Å². The average Bonchev–Trinajstić information content (AvgIpc) is 3.32. The molecule has 5 aliphatic carbocycles. The number of hydrogen-bond acceptors (Lipinski definition) is 2. The lowest BCUT2D eigenvalue weighted by Crippen LogP contribution is -2.68. The minimum atomic E-state index is -0.539. The van der Waals surface area contributed by atoms with E-state index >= 15 is 0 Å². The summed E-state index contributed by atoms with van der Waals surface area (Å²) < 4.78 is 0. The molecule has 5 saturated carbocycles. The van der Waals surface area contributed by atoms with E-state index in [-0.39, 0.29) is 33.0 Å². The molecule has 0 aromatic carbocycles. The van der Waals surface area contributed by atoms with Gasteiger partial charge in [-0.2, -0.15) is 0 Å². The second-order valence-electron chi connectivity index (χ2n) is 17.7. The zero-order chi connectivity index (χ0) is 30.4. The first kappa shape index (κ1) is 31.6. The maximum atomic E-state index is 13.0. The van der Waals surface area contributed by atoms with Gasteiger partial charge in [0.05, 0.1) is 5.41 Å². The molecule has 0 spiro atoms. The highest BCUT2D eigenvalue weighted by atomic mass is 16.4. The van der Waals surface area contributed by atoms with Gasteiger partial charge in [-0.3, -0.25) is 4.79 Å². The van der Waals surface area contributed by atoms with Gasteiger partial charge in [-0.15, -0.1) is 0 Å². The Balaban J connectivity index is 1.54. The fraction of sp³-hybridized carbons (Fsp3) is 0.921. The Kier molecular flexibility index (Phi) is 7.58. The van der Waals surface area contributed by atoms with Crippen LogP contribution in [0.25, 0.3) is 0 Å². The Morgan fingerprint density at radius 1 is 0.829 bits per heavy atom. The van der Waals surface area contributed by atoms with Crippen molar-refractivity contribution in [2.45, 2.75) is 146 Å². The standard InChI is InChI=1S/C38H64O3/c1-11-37(12-2,23-24-39)36(10)21-19-33(7)28(32(36,5)6)16-17-35(9)29(33)14-13-27-30-26(25(3)4)15-18-38(30,31(40)41)22-20-34(27,35)8/h26-30,39H,3,11-24H2,1-2,4-10H3,(H,40,41)/t26?,27?,28?,29?,30?,33-,34+,35+,36+,38-/m0/s1. The molecule has 5 rings (SSSR count). The third-order valence-electron chi connectivity index (χ3n) is 17.3. The Bertz CT molecular complexity index is 1060. The summed E-state index contributed by atoms with van der Waals surface area (Å²) >= 11 is 0. The highest BCUT2D eigenvalue weighted by Crippen LogP contribution is 2.80. The number of rotatable bonds is 7. The summed E-state index contributed by atoms with van der Waals surface area (Å²) in [5, 5.41) is 20.9. The monoisotopic (exact) mass is 568 g/mol. The van der Waals surface area contributed by atoms with Gasteiger partial charge in [0.15, 0.2) is 0 Å². The second-order valence-corrected chi connectivity index (χ2v) is 17.7. The van der Waals surface area contributed by atoms with Gasteiger partial charge in [0.25, 0.3) is 0 Å². The van der Waals surface area contributed by atoms with E-state index < -0.39 is 11.4 Å². The topological polar surface area (TPSA) is 57.5 Å². The summed E-state index contributed by atoms with van der Waals surface area (Å²) in [5.74, 6) is 1.94. The first-order chi connectivity index (χ1) is 19.0. The Labute approximate surface area is 252 Å². The predicted molar refractivity (Wildman–Crippen MR) is 169 cm³/mol. The van der Waals surface area contributed by atoms with Crippen LogP contribution in [0.4, 0.5) is 0 Å². The molecule has 0 radical (unpaired) electrons. The highest BCUT2D eigenvalue weighted by Gasteiger charge is 2.73. The molecule has 2 N–H and O–H groups in total. The Hall–Kier alpha value is -0.830. The van der Waals surface area contributed by atoms with Gasteiger partial charge < -0.3 is 10.2 Å². The number of carboxylic acids is 1. The van der Waals surface area contributed by atoms with Crippen molar-refractivity contribution >= 4 is 5.97 Å². The predicted octanol–water partition coefficient (Wildman–Crippen LogP) is 9.92. The normalized spacial score (nSPS) is 48.9. The lowest BCUT2D eigenvalue weighted by atomic mass is 9.29. The summed E-state index contributed by atoms with van der Waals surface area (Å²) in [6, 6.07) is 0. The molecule has 234 valence electrons. The van der Waals surface area contributed by atoms with Crippen LogP contribution >= 0.6 is 0 Å². The summed E-state index contributed by atoms with van der Waals surface area (Å²) in [7, 11) is 0. The molecule has 0 aromatic rings. The number of fused-ring (bicyclic) bond motifs is 7. The van der Waals surface area contributed by atoms with E-state index in [0.717, 1.165) is 44.9 Å². The van der Waals surface area contributed by atoms with Crippen LogP contribution in [0.3, 0.4) is 0 Å². The number of allylic oxidation sites excluding steroid dienone is 1. The van der Waals surface area contributed by atoms with Crippen LogP contribution in [-0.4, -0.2) is 22.8 Å². The number of carbonyl (C=O) groups is 1. The largest absolute Gasteiger partial charge is 0.481 e. The van der Waals surface area contributed by atoms with Gasteiger partial charge in [-0.05, 0) is 152 Å². The zero-order valence-corrected chi connectivity index (χ0v) is 28.3. The van der Waals surface area contributed by atoms with Crippen molar-refractivity contribution in [2.75, 3.05) is 6.61 Å². The summed E-state index contributed by atoms with van der Waals surface area (Å²) in [6.45, 7) is 27.4. The smallest absolute Gasteiger partial charge is 0.309 e. The van der Waals surface area contributed by atoms with Gasteiger partial charge in [0.2, 0.25) is 0 Å². The maximum Gasteiger partial charge on any atom is 0.309 e. The van der Waals surface area contributed by atoms with Crippen LogP contribution in [0.5, 0.6) is 0 Å². The number of aliphatic carboxylic acids is 1. The minimum Gasteiger partial charge on any atom is -0.481 e. The van der Waals surface area contributed by atoms with Gasteiger partial charge >= 0.3 is 5.97 Å². The maximum absolute atomic E-state index is 13.0. The molecule has 0 amide bonds. The van der Waals surface area contributed by atoms with E-state index in [0.29, 0.717) is 35.7 Å². The molecule has 3 nitrogen and oxygen atoms in total. The van der Waals surface area contributed by atoms with Crippen molar-refractivity contribution < 1.29 is 15.0 Å². The van der Waals surface area contributed by atoms with Gasteiger partial charge in [-0.25, -0.2) is 0 Å². The van der Waals surface area contributed by atoms with E-state index in [1.54, 1.807) is 0 Å². The van der Waals surface area contributed by atoms with Crippen LogP contribution in [0.2, 0.25) is 0 Å². The molecule has 41 heavy (non-hydrogen) atoms. The van der Waals surface area contributed by atoms with Crippen molar-refractivity contribution in [3.05, 3.63) is 12.2 Å². The molecule has 5 aliphatic rings. The lowest BCUT2D eigenvalue weighted by molar-refractivity contribution is -0.266. The molecule has 3 heteroatoms. The van der Waals surface area contributed by atoms with Crippen molar-refractivity contribution in [3.8, 4) is 0 Å². The summed E-state index contributed by atoms with van der Waals surface area (Å²) in [6.07, 6.45) is 14.5. The first-order valence-corrected chi connectivity index (χ1v) is 17.5. The number of aliphatic hydroxyl groups excluding tert-OH is 1. The Morgan fingerprint density at radius 2 is 1.49 bits per heavy atom. The van der Waals surface area contributed by atoms with E-state index in [1.165, 1.54) is 44.1 Å². The van der Waals surface area contributed by atoms with Crippen LogP contribution in [-0.2, 0) is 4.79 Å². The lowest BCUT2D eigenvalue weighted by Gasteiger charge is -2.75. The van der Waals surface area contributed by atoms with E-state index in [9.17, 15) is 15.0 Å². The van der Waals surface area contributed by atoms with E-state index in [4.69, 9.17) is 0 Å². The Morgan fingerprint density at radius 3 is 2.05 bits per heavy atom. The van der Waals surface area contributed by atoms with Crippen LogP contribution in [0.1, 0.15) is 146 Å². The van der Waals surface area contributed by atoms with Gasteiger partial charge in [0.1, 0.15) is 0 Å². The quantitative estimate of drug-likeness (QED) is 0.300. The first-order valence-electron chi connectivity index (χ1n) is 17.5. The highest BCUT2D eigenvalue weighted by molar-refractivity contribution is 5.76. The summed E-state index contributed by atoms with van der Waals surface area (Å²) in [5.41, 5.74) is 2.00. The number of aliphatic hydroxyl groups is 1. The van der Waals surface area contributed by atoms with Crippen LogP contribution in [0, 0.1) is 67.5 Å². The second kappa shape index (κ2) is 9.84. The fourth-order valence-electron chi connectivity index (χ4n) is 14.5. The van der Waals surface area contributed by atoms with Crippen molar-refractivity contribution in [1.82, 2.24) is 0 Å². The van der Waals surface area contributed by atoms with Crippen LogP contribution in [0.15, 0.2) is 12.2 Å². The van der Waals surface area contributed by atoms with Gasteiger partial charge in [0, 0.05) is 6.61 Å². The number of carboxylic acid groups (broad SMARTS) is 1. The van der Waals surface area contributed by atoms with Crippen LogP contribution < -0.4 is 0 Å². The fourth-order valence-corrected chi connectivity index (χ4v) is 14.5. The van der Waals surface area contributed by atoms with Crippen molar-refractivity contribution in [1.29, 1.82) is 0 Å². The average molecular weight is 569 g/mol.